The van der Waals surface area contributed by atoms with Crippen molar-refractivity contribution in [1.29, 1.82) is 0 Å². The Hall–Kier alpha value is -7.75. The first-order valence-electron chi connectivity index (χ1n) is 23.0. The van der Waals surface area contributed by atoms with Crippen molar-refractivity contribution in [3.63, 3.8) is 0 Å². The molecule has 2 aromatic carbocycles. The molecular weight excluding hydrogens is 984 g/mol. The number of amides is 6. The lowest BCUT2D eigenvalue weighted by Gasteiger charge is -2.27. The number of nitrogens with one attached hydrogen (secondary N) is 8. The maximum atomic E-state index is 14.3. The van der Waals surface area contributed by atoms with Crippen LogP contribution in [0.25, 0.3) is 0 Å². The van der Waals surface area contributed by atoms with E-state index < -0.39 is 83.6 Å². The summed E-state index contributed by atoms with van der Waals surface area (Å²) in [5, 5.41) is 36.3. The summed E-state index contributed by atoms with van der Waals surface area (Å²) in [6, 6.07) is 15.7. The molecule has 0 aliphatic heterocycles. The maximum Gasteiger partial charge on any atom is 0.490 e. The number of H-pyrrole nitrogens is 2. The molecule has 24 nitrogen and oxygen atoms in total. The summed E-state index contributed by atoms with van der Waals surface area (Å²) in [6.07, 6.45) is -3.94. The highest BCUT2D eigenvalue weighted by atomic mass is 19.4. The summed E-state index contributed by atoms with van der Waals surface area (Å²) in [6.45, 7) is 4.74. The smallest absolute Gasteiger partial charge is 0.475 e. The number of benzene rings is 2. The number of alkyl halides is 3. The average Bonchev–Trinajstić information content (AvgIpc) is 4.05. The number of unbranched alkanes of at least 4 members (excludes halogenated alkanes) is 1. The van der Waals surface area contributed by atoms with Crippen molar-refractivity contribution < 1.29 is 75.6 Å². The van der Waals surface area contributed by atoms with E-state index in [0.29, 0.717) is 43.7 Å². The van der Waals surface area contributed by atoms with E-state index in [2.05, 4.69) is 57.0 Å². The van der Waals surface area contributed by atoms with Crippen molar-refractivity contribution in [1.82, 2.24) is 41.7 Å². The van der Waals surface area contributed by atoms with Crippen LogP contribution in [0.15, 0.2) is 72.8 Å². The number of carboxylic acids is 1. The number of carbonyl (C=O) groups is 8. The Balaban J connectivity index is 0.00000192. The van der Waals surface area contributed by atoms with E-state index in [0.717, 1.165) is 0 Å². The highest BCUT2D eigenvalue weighted by Crippen LogP contribution is 2.15. The van der Waals surface area contributed by atoms with Gasteiger partial charge in [0.25, 0.3) is 11.8 Å². The number of aromatic amines is 2. The van der Waals surface area contributed by atoms with Crippen molar-refractivity contribution in [2.24, 2.45) is 11.7 Å². The van der Waals surface area contributed by atoms with Crippen molar-refractivity contribution in [2.45, 2.75) is 76.3 Å². The van der Waals surface area contributed by atoms with Gasteiger partial charge in [0.05, 0.1) is 33.5 Å². The van der Waals surface area contributed by atoms with Crippen LogP contribution in [0.5, 0.6) is 0 Å². The third-order valence-corrected chi connectivity index (χ3v) is 10.3. The van der Waals surface area contributed by atoms with Gasteiger partial charge in [-0.2, -0.15) is 23.4 Å². The molecule has 0 bridgehead atoms. The molecule has 11 N–H and O–H groups in total. The zero-order valence-corrected chi connectivity index (χ0v) is 41.0. The highest BCUT2D eigenvalue weighted by molar-refractivity contribution is 6.01. The summed E-state index contributed by atoms with van der Waals surface area (Å²) >= 11 is 0. The van der Waals surface area contributed by atoms with E-state index in [4.69, 9.17) is 29.8 Å². The topological polar surface area (TPSA) is 349 Å². The summed E-state index contributed by atoms with van der Waals surface area (Å²) < 4.78 is 51.9. The number of aliphatic carboxylic acids is 1. The predicted octanol–water partition coefficient (Wildman–Crippen LogP) is 1.63. The number of nitrogens with two attached hydrogens (primary N) is 1. The lowest BCUT2D eigenvalue weighted by atomic mass is 10.0. The molecule has 0 fully saturated rings. The molecule has 2 heterocycles. The van der Waals surface area contributed by atoms with Gasteiger partial charge in [-0.15, -0.1) is 0 Å². The molecule has 74 heavy (non-hydrogen) atoms. The number of carbonyl (C=O) groups excluding carboxylic acids is 7. The number of halogens is 3. The molecule has 4 aromatic rings. The molecule has 0 radical (unpaired) electrons. The third-order valence-electron chi connectivity index (χ3n) is 10.3. The Labute approximate surface area is 423 Å². The molecular formula is C47H62F3N11O13. The first-order valence-corrected chi connectivity index (χ1v) is 23.0. The summed E-state index contributed by atoms with van der Waals surface area (Å²) in [5.74, 6) is -7.78. The van der Waals surface area contributed by atoms with Gasteiger partial charge in [-0.3, -0.25) is 39.0 Å². The molecule has 6 amide bonds. The van der Waals surface area contributed by atoms with Gasteiger partial charge in [0.2, 0.25) is 23.6 Å². The fourth-order valence-corrected chi connectivity index (χ4v) is 6.46. The first-order chi connectivity index (χ1) is 35.2. The molecule has 0 saturated heterocycles. The molecule has 0 unspecified atom stereocenters. The zero-order valence-electron chi connectivity index (χ0n) is 41.0. The molecule has 2 aromatic heterocycles. The lowest BCUT2D eigenvalue weighted by molar-refractivity contribution is -0.192. The number of rotatable bonds is 29. The van der Waals surface area contributed by atoms with Crippen LogP contribution < -0.4 is 37.6 Å². The standard InChI is InChI=1S/C45H61N11O11.C2HF3O2/c1-28(2)39(44(62)51-37-26-35(54-56-37)45(63)65-4)52-40(58)31(17-11-12-18-46)47-41(59)32(23-29-13-7-5-8-14-29)48-42(60)33(24-30-15-9-6-10-16-30)49-43(61)34-25-36(55-53-34)50-38(57)27-67-22-21-66-20-19-64-3;3-2(4,5)1(6)7/h5-10,13-16,25-26,28,31-33,39H,11-12,17-24,27,46H2,1-4H3,(H,47,59)(H,48,60)(H,49,61)(H,52,58)(H2,50,53,55,57)(H2,51,54,56,62);(H,6,7)/t31-,32-,33-,39-;/m0./s1. The van der Waals surface area contributed by atoms with Gasteiger partial charge in [-0.25, -0.2) is 9.59 Å². The van der Waals surface area contributed by atoms with Gasteiger partial charge >= 0.3 is 18.1 Å². The van der Waals surface area contributed by atoms with Gasteiger partial charge in [0.15, 0.2) is 11.6 Å². The second-order valence-corrected chi connectivity index (χ2v) is 16.4. The van der Waals surface area contributed by atoms with Crippen LogP contribution in [0.4, 0.5) is 24.8 Å². The Morgan fingerprint density at radius 2 is 1.16 bits per heavy atom. The van der Waals surface area contributed by atoms with Crippen molar-refractivity contribution >= 4 is 59.0 Å². The molecule has 4 atom stereocenters. The van der Waals surface area contributed by atoms with Gasteiger partial charge in [-0.1, -0.05) is 74.5 Å². The van der Waals surface area contributed by atoms with Crippen LogP contribution in [0.3, 0.4) is 0 Å². The van der Waals surface area contributed by atoms with Crippen LogP contribution in [0.2, 0.25) is 0 Å². The number of esters is 1. The Kier molecular flexibility index (Phi) is 25.9. The van der Waals surface area contributed by atoms with Crippen LogP contribution >= 0.6 is 0 Å². The van der Waals surface area contributed by atoms with Gasteiger partial charge < -0.3 is 61.7 Å². The van der Waals surface area contributed by atoms with E-state index in [1.54, 1.807) is 81.6 Å². The van der Waals surface area contributed by atoms with Gasteiger partial charge in [-0.05, 0) is 42.9 Å². The fraction of sp³-hybridized carbons (Fsp3) is 0.447. The SMILES string of the molecule is COCCOCCOCC(=O)Nc1cc(C(=O)N[C@@H](Cc2ccccc2)C(=O)N[C@@H](Cc2ccccc2)C(=O)N[C@@H](CCCCN)C(=O)N[C@H](C(=O)Nc2cc(C(=O)OC)[nH]n2)C(C)C)[nH]n1.O=C(O)C(F)(F)F. The number of aromatic nitrogens is 4. The minimum absolute atomic E-state index is 0.00394. The fourth-order valence-electron chi connectivity index (χ4n) is 6.46. The van der Waals surface area contributed by atoms with E-state index in [1.807, 2.05) is 0 Å². The van der Waals surface area contributed by atoms with E-state index in [9.17, 15) is 46.7 Å². The molecule has 4 rings (SSSR count). The van der Waals surface area contributed by atoms with Crippen LogP contribution in [-0.4, -0.2) is 157 Å². The number of carboxylic acid groups (broad SMARTS) is 1. The quantitative estimate of drug-likeness (QED) is 0.0273. The summed E-state index contributed by atoms with van der Waals surface area (Å²) in [7, 11) is 2.76. The second-order valence-electron chi connectivity index (χ2n) is 16.4. The second kappa shape index (κ2) is 31.7. The monoisotopic (exact) mass is 1050 g/mol. The minimum atomic E-state index is -5.08. The number of anilines is 2. The molecule has 0 aliphatic rings. The summed E-state index contributed by atoms with van der Waals surface area (Å²) in [5.41, 5.74) is 7.09. The zero-order chi connectivity index (χ0) is 54.6. The van der Waals surface area contributed by atoms with Gasteiger partial charge in [0, 0.05) is 32.1 Å². The van der Waals surface area contributed by atoms with E-state index >= 15 is 0 Å². The van der Waals surface area contributed by atoms with E-state index in [-0.39, 0.29) is 62.1 Å². The molecule has 27 heteroatoms. The Bertz CT molecular complexity index is 2420. The molecule has 0 aliphatic carbocycles. The number of hydrogen-bond acceptors (Lipinski definition) is 15. The van der Waals surface area contributed by atoms with Crippen LogP contribution in [0.1, 0.15) is 65.2 Å². The third kappa shape index (κ3) is 21.9. The lowest BCUT2D eigenvalue weighted by Crippen LogP contribution is -2.59. The van der Waals surface area contributed by atoms with Crippen LogP contribution in [0, 0.1) is 5.92 Å². The molecule has 404 valence electrons. The van der Waals surface area contributed by atoms with Crippen molar-refractivity contribution in [3.8, 4) is 0 Å². The average molecular weight is 1050 g/mol. The van der Waals surface area contributed by atoms with Crippen LogP contribution in [-0.2, 0) is 60.6 Å². The predicted molar refractivity (Wildman–Crippen MR) is 258 cm³/mol. The maximum absolute atomic E-state index is 14.3. The number of nitrogens with zero attached hydrogens (tertiary/aromatic N) is 2. The first kappa shape index (κ1) is 60.6. The molecule has 0 saturated carbocycles. The Morgan fingerprint density at radius 1 is 0.662 bits per heavy atom. The van der Waals surface area contributed by atoms with E-state index in [1.165, 1.54) is 19.2 Å². The van der Waals surface area contributed by atoms with Gasteiger partial charge in [0.1, 0.15) is 42.2 Å². The molecule has 0 spiro atoms. The highest BCUT2D eigenvalue weighted by Gasteiger charge is 2.38. The Morgan fingerprint density at radius 3 is 1.70 bits per heavy atom. The minimum Gasteiger partial charge on any atom is -0.475 e. The number of hydrogen-bond donors (Lipinski definition) is 10. The largest absolute Gasteiger partial charge is 0.490 e. The normalized spacial score (nSPS) is 12.7. The summed E-state index contributed by atoms with van der Waals surface area (Å²) in [4.78, 5) is 103. The van der Waals surface area contributed by atoms with Crippen molar-refractivity contribution in [2.75, 3.05) is 64.4 Å². The number of methoxy groups -OCH3 is 2. The van der Waals surface area contributed by atoms with Crippen molar-refractivity contribution in [3.05, 3.63) is 95.3 Å². The number of ether oxygens (including phenoxy) is 4.